The van der Waals surface area contributed by atoms with E-state index in [1.165, 1.54) is 0 Å². The first kappa shape index (κ1) is 6.97. The maximum atomic E-state index is 10.4. The zero-order valence-corrected chi connectivity index (χ0v) is 4.87. The van der Waals surface area contributed by atoms with Crippen LogP contribution in [-0.2, 0) is 4.79 Å². The Morgan fingerprint density at radius 3 is 2.40 bits per heavy atom. The van der Waals surface area contributed by atoms with Crippen LogP contribution in [0, 0.1) is 0 Å². The van der Waals surface area contributed by atoms with Crippen molar-refractivity contribution in [2.24, 2.45) is 0 Å². The van der Waals surface area contributed by atoms with Gasteiger partial charge in [0.1, 0.15) is 0 Å². The van der Waals surface area contributed by atoms with E-state index in [1.54, 1.807) is 5.32 Å². The maximum Gasteiger partial charge on any atom is 0.323 e. The van der Waals surface area contributed by atoms with Gasteiger partial charge in [-0.1, -0.05) is 0 Å². The Labute approximate surface area is 55.8 Å². The molecule has 6 heteroatoms. The van der Waals surface area contributed by atoms with Gasteiger partial charge in [0.05, 0.1) is 0 Å². The third-order valence-corrected chi connectivity index (χ3v) is 1.08. The monoisotopic (exact) mass is 146 g/mol. The predicted molar refractivity (Wildman–Crippen MR) is 28.7 cm³/mol. The molecule has 0 aliphatic carbocycles. The molecule has 1 saturated heterocycles. The van der Waals surface area contributed by atoms with Gasteiger partial charge in [-0.25, -0.2) is 4.79 Å². The van der Waals surface area contributed by atoms with E-state index in [0.29, 0.717) is 0 Å². The zero-order chi connectivity index (χ0) is 7.72. The van der Waals surface area contributed by atoms with Gasteiger partial charge < -0.3 is 15.5 Å². The number of aliphatic hydroxyl groups excluding tert-OH is 2. The Balaban J connectivity index is 2.66. The van der Waals surface area contributed by atoms with Crippen molar-refractivity contribution >= 4 is 11.9 Å². The summed E-state index contributed by atoms with van der Waals surface area (Å²) in [6, 6.07) is -0.803. The Hall–Kier alpha value is -1.14. The van der Waals surface area contributed by atoms with Crippen molar-refractivity contribution in [2.75, 3.05) is 0 Å². The lowest BCUT2D eigenvalue weighted by Gasteiger charge is -2.22. The van der Waals surface area contributed by atoms with Crippen LogP contribution in [0.3, 0.4) is 0 Å². The second-order valence-electron chi connectivity index (χ2n) is 1.85. The lowest BCUT2D eigenvalue weighted by atomic mass is 10.2. The van der Waals surface area contributed by atoms with Gasteiger partial charge in [0.25, 0.3) is 5.91 Å². The highest BCUT2D eigenvalue weighted by atomic mass is 16.4. The fourth-order valence-electron chi connectivity index (χ4n) is 0.579. The molecule has 10 heavy (non-hydrogen) atoms. The topological polar surface area (TPSA) is 98.7 Å². The number of carbonyl (C=O) groups excluding carboxylic acids is 2. The number of carbonyl (C=O) groups is 2. The first-order valence-corrected chi connectivity index (χ1v) is 2.59. The van der Waals surface area contributed by atoms with Crippen molar-refractivity contribution in [1.82, 2.24) is 10.6 Å². The molecule has 1 heterocycles. The van der Waals surface area contributed by atoms with Crippen LogP contribution >= 0.6 is 0 Å². The Bertz CT molecular complexity index is 180. The molecular formula is C4H6N2O4. The number of hydrogen-bond acceptors (Lipinski definition) is 4. The summed E-state index contributed by atoms with van der Waals surface area (Å²) in [7, 11) is 0. The van der Waals surface area contributed by atoms with E-state index in [4.69, 9.17) is 10.2 Å². The summed E-state index contributed by atoms with van der Waals surface area (Å²) in [5, 5.41) is 21.0. The number of imide groups is 1. The third kappa shape index (κ3) is 1.07. The number of hydrogen-bond donors (Lipinski definition) is 4. The molecule has 0 aromatic rings. The summed E-state index contributed by atoms with van der Waals surface area (Å²) < 4.78 is 0. The summed E-state index contributed by atoms with van der Waals surface area (Å²) in [5.74, 6) is -0.892. The van der Waals surface area contributed by atoms with Crippen LogP contribution in [0.15, 0.2) is 0 Å². The van der Waals surface area contributed by atoms with Crippen LogP contribution in [0.4, 0.5) is 4.79 Å². The minimum absolute atomic E-state index is 0.803. The molecule has 1 rings (SSSR count). The van der Waals surface area contributed by atoms with E-state index < -0.39 is 24.3 Å². The molecule has 1 fully saturated rings. The normalized spacial score (nSPS) is 33.0. The lowest BCUT2D eigenvalue weighted by Crippen LogP contribution is -2.60. The molecule has 0 bridgehead atoms. The smallest absolute Gasteiger partial charge is 0.323 e. The van der Waals surface area contributed by atoms with E-state index in [1.807, 2.05) is 5.32 Å². The summed E-state index contributed by atoms with van der Waals surface area (Å²) in [6.45, 7) is 0. The molecule has 1 aliphatic rings. The van der Waals surface area contributed by atoms with Gasteiger partial charge in [-0.05, 0) is 0 Å². The third-order valence-electron chi connectivity index (χ3n) is 1.08. The molecule has 0 radical (unpaired) electrons. The van der Waals surface area contributed by atoms with E-state index in [9.17, 15) is 9.59 Å². The van der Waals surface area contributed by atoms with Crippen molar-refractivity contribution in [3.05, 3.63) is 0 Å². The molecule has 6 nitrogen and oxygen atoms in total. The van der Waals surface area contributed by atoms with Crippen molar-refractivity contribution in [3.63, 3.8) is 0 Å². The molecule has 4 N–H and O–H groups in total. The molecule has 0 unspecified atom stereocenters. The van der Waals surface area contributed by atoms with E-state index in [-0.39, 0.29) is 0 Å². The van der Waals surface area contributed by atoms with Crippen molar-refractivity contribution < 1.29 is 19.8 Å². The van der Waals surface area contributed by atoms with Gasteiger partial charge in [-0.2, -0.15) is 0 Å². The SMILES string of the molecule is O=C1NC(=O)[C@@H](O)[C@@H](O)N1. The standard InChI is InChI=1S/C4H6N2O4/c7-1-2(8)5-4(10)6-3(1)9/h1-2,7-8H,(H2,5,6,9,10)/t1-,2+/m0/s1. The molecule has 0 aromatic carbocycles. The largest absolute Gasteiger partial charge is 0.379 e. The summed E-state index contributed by atoms with van der Waals surface area (Å²) in [4.78, 5) is 20.7. The summed E-state index contributed by atoms with van der Waals surface area (Å²) in [5.41, 5.74) is 0. The highest BCUT2D eigenvalue weighted by Crippen LogP contribution is 1.94. The van der Waals surface area contributed by atoms with Gasteiger partial charge in [-0.3, -0.25) is 10.1 Å². The molecule has 3 amide bonds. The number of aliphatic hydroxyl groups is 2. The van der Waals surface area contributed by atoms with Gasteiger partial charge in [-0.15, -0.1) is 0 Å². The Morgan fingerprint density at radius 2 is 1.90 bits per heavy atom. The number of rotatable bonds is 0. The van der Waals surface area contributed by atoms with Gasteiger partial charge in [0.15, 0.2) is 12.3 Å². The van der Waals surface area contributed by atoms with Gasteiger partial charge in [0, 0.05) is 0 Å². The number of urea groups is 1. The van der Waals surface area contributed by atoms with E-state index in [0.717, 1.165) is 0 Å². The van der Waals surface area contributed by atoms with E-state index in [2.05, 4.69) is 0 Å². The molecule has 0 spiro atoms. The first-order valence-electron chi connectivity index (χ1n) is 2.59. The van der Waals surface area contributed by atoms with Crippen LogP contribution in [0.5, 0.6) is 0 Å². The maximum absolute atomic E-state index is 10.4. The lowest BCUT2D eigenvalue weighted by molar-refractivity contribution is -0.137. The average molecular weight is 146 g/mol. The number of amides is 3. The quantitative estimate of drug-likeness (QED) is 0.303. The van der Waals surface area contributed by atoms with Crippen LogP contribution in [0.1, 0.15) is 0 Å². The second-order valence-corrected chi connectivity index (χ2v) is 1.85. The number of nitrogens with one attached hydrogen (secondary N) is 2. The second kappa shape index (κ2) is 2.24. The predicted octanol–water partition coefficient (Wildman–Crippen LogP) is -2.49. The molecule has 0 aromatic heterocycles. The minimum atomic E-state index is -1.57. The molecular weight excluding hydrogens is 140 g/mol. The first-order chi connectivity index (χ1) is 4.61. The van der Waals surface area contributed by atoms with Crippen molar-refractivity contribution in [3.8, 4) is 0 Å². The van der Waals surface area contributed by atoms with Crippen LogP contribution in [0.25, 0.3) is 0 Å². The average Bonchev–Trinajstić information content (AvgIpc) is 1.82. The fraction of sp³-hybridized carbons (Fsp3) is 0.500. The highest BCUT2D eigenvalue weighted by Gasteiger charge is 2.31. The summed E-state index contributed by atoms with van der Waals surface area (Å²) in [6.07, 6.45) is -3.07. The highest BCUT2D eigenvalue weighted by molar-refractivity contribution is 5.99. The molecule has 56 valence electrons. The minimum Gasteiger partial charge on any atom is -0.379 e. The molecule has 2 atom stereocenters. The van der Waals surface area contributed by atoms with E-state index >= 15 is 0 Å². The molecule has 0 saturated carbocycles. The van der Waals surface area contributed by atoms with Crippen LogP contribution in [-0.4, -0.2) is 34.5 Å². The zero-order valence-electron chi connectivity index (χ0n) is 4.87. The Kier molecular flexibility index (Phi) is 1.56. The van der Waals surface area contributed by atoms with Crippen LogP contribution in [0.2, 0.25) is 0 Å². The van der Waals surface area contributed by atoms with Crippen molar-refractivity contribution in [1.29, 1.82) is 0 Å². The van der Waals surface area contributed by atoms with Crippen molar-refractivity contribution in [2.45, 2.75) is 12.3 Å². The van der Waals surface area contributed by atoms with Gasteiger partial charge >= 0.3 is 6.03 Å². The van der Waals surface area contributed by atoms with Gasteiger partial charge in [0.2, 0.25) is 0 Å². The summed E-state index contributed by atoms with van der Waals surface area (Å²) >= 11 is 0. The fourth-order valence-corrected chi connectivity index (χ4v) is 0.579. The van der Waals surface area contributed by atoms with Crippen LogP contribution < -0.4 is 10.6 Å². The molecule has 1 aliphatic heterocycles. The Morgan fingerprint density at radius 1 is 1.30 bits per heavy atom.